The highest BCUT2D eigenvalue weighted by molar-refractivity contribution is 5.27. The van der Waals surface area contributed by atoms with Gasteiger partial charge in [0.25, 0.3) is 0 Å². The molecule has 0 unspecified atom stereocenters. The molecule has 0 saturated heterocycles. The van der Waals surface area contributed by atoms with E-state index in [1.807, 2.05) is 10.9 Å². The molecule has 1 aromatic carbocycles. The van der Waals surface area contributed by atoms with Gasteiger partial charge in [-0.1, -0.05) is 35.7 Å². The van der Waals surface area contributed by atoms with Crippen LogP contribution in [0.15, 0.2) is 36.7 Å². The molecule has 0 atom stereocenters. The summed E-state index contributed by atoms with van der Waals surface area (Å²) in [7, 11) is 0. The molecule has 0 spiro atoms. The van der Waals surface area contributed by atoms with Crippen LogP contribution in [0.2, 0.25) is 0 Å². The van der Waals surface area contributed by atoms with Crippen molar-refractivity contribution in [1.29, 1.82) is 0 Å². The maximum Gasteiger partial charge on any atom is 0.0659 e. The molecule has 2 aromatic rings. The van der Waals surface area contributed by atoms with Crippen molar-refractivity contribution in [1.82, 2.24) is 9.78 Å². The summed E-state index contributed by atoms with van der Waals surface area (Å²) in [5.41, 5.74) is 3.32. The number of hydrogen-bond donors (Lipinski definition) is 0. The van der Waals surface area contributed by atoms with Crippen LogP contribution in [-0.4, -0.2) is 9.78 Å². The van der Waals surface area contributed by atoms with Gasteiger partial charge in [-0.05, 0) is 12.5 Å². The number of aromatic nitrogens is 2. The van der Waals surface area contributed by atoms with E-state index in [4.69, 9.17) is 6.42 Å². The first-order valence-electron chi connectivity index (χ1n) is 4.82. The quantitative estimate of drug-likeness (QED) is 0.673. The van der Waals surface area contributed by atoms with Gasteiger partial charge in [0.15, 0.2) is 0 Å². The van der Waals surface area contributed by atoms with Gasteiger partial charge in [0.05, 0.1) is 18.3 Å². The lowest BCUT2D eigenvalue weighted by Crippen LogP contribution is -1.99. The molecule has 0 aliphatic rings. The lowest BCUT2D eigenvalue weighted by atomic mass is 10.1. The van der Waals surface area contributed by atoms with E-state index in [-0.39, 0.29) is 0 Å². The minimum absolute atomic E-state index is 0.766. The van der Waals surface area contributed by atoms with E-state index < -0.39 is 0 Å². The number of aryl methyl sites for hydroxylation is 1. The fraction of sp³-hybridized carbons (Fsp3) is 0.154. The summed E-state index contributed by atoms with van der Waals surface area (Å²) in [6, 6.07) is 8.40. The van der Waals surface area contributed by atoms with Crippen LogP contribution in [0.25, 0.3) is 0 Å². The smallest absolute Gasteiger partial charge is 0.0659 e. The van der Waals surface area contributed by atoms with Crippen LogP contribution >= 0.6 is 0 Å². The number of rotatable bonds is 2. The van der Waals surface area contributed by atoms with Crippen LogP contribution in [0.1, 0.15) is 16.7 Å². The second-order valence-corrected chi connectivity index (χ2v) is 3.56. The third-order valence-corrected chi connectivity index (χ3v) is 2.27. The predicted molar refractivity (Wildman–Crippen MR) is 60.4 cm³/mol. The second-order valence-electron chi connectivity index (χ2n) is 3.56. The molecule has 0 bridgehead atoms. The summed E-state index contributed by atoms with van der Waals surface area (Å²) in [5.74, 6) is 2.56. The average Bonchev–Trinajstić information content (AvgIpc) is 2.69. The topological polar surface area (TPSA) is 17.8 Å². The molecule has 2 nitrogen and oxygen atoms in total. The Hall–Kier alpha value is -2.01. The van der Waals surface area contributed by atoms with Gasteiger partial charge in [-0.3, -0.25) is 4.68 Å². The maximum atomic E-state index is 5.27. The molecule has 1 aromatic heterocycles. The van der Waals surface area contributed by atoms with Crippen molar-refractivity contribution >= 4 is 0 Å². The third-order valence-electron chi connectivity index (χ3n) is 2.27. The van der Waals surface area contributed by atoms with E-state index in [0.717, 1.165) is 12.1 Å². The number of hydrogen-bond acceptors (Lipinski definition) is 1. The molecule has 0 saturated carbocycles. The fourth-order valence-electron chi connectivity index (χ4n) is 1.41. The van der Waals surface area contributed by atoms with E-state index in [1.165, 1.54) is 11.1 Å². The summed E-state index contributed by atoms with van der Waals surface area (Å²) >= 11 is 0. The summed E-state index contributed by atoms with van der Waals surface area (Å²) in [6.07, 6.45) is 8.85. The molecule has 0 amide bonds. The number of benzene rings is 1. The Morgan fingerprint density at radius 2 is 2.07 bits per heavy atom. The first-order valence-corrected chi connectivity index (χ1v) is 4.82. The van der Waals surface area contributed by atoms with Crippen molar-refractivity contribution in [3.8, 4) is 12.3 Å². The Balaban J connectivity index is 2.15. The van der Waals surface area contributed by atoms with E-state index in [9.17, 15) is 0 Å². The second kappa shape index (κ2) is 4.02. The summed E-state index contributed by atoms with van der Waals surface area (Å²) in [4.78, 5) is 0. The minimum atomic E-state index is 0.766. The van der Waals surface area contributed by atoms with Crippen LogP contribution in [0.4, 0.5) is 0 Å². The number of nitrogens with zero attached hydrogens (tertiary/aromatic N) is 2. The number of terminal acetylenes is 1. The highest BCUT2D eigenvalue weighted by Gasteiger charge is 1.97. The first-order chi connectivity index (χ1) is 7.28. The van der Waals surface area contributed by atoms with Gasteiger partial charge in [-0.15, -0.1) is 6.42 Å². The Labute approximate surface area is 89.6 Å². The van der Waals surface area contributed by atoms with Crippen LogP contribution < -0.4 is 0 Å². The molecular weight excluding hydrogens is 184 g/mol. The van der Waals surface area contributed by atoms with Crippen molar-refractivity contribution in [2.45, 2.75) is 13.5 Å². The van der Waals surface area contributed by atoms with Crippen molar-refractivity contribution in [2.24, 2.45) is 0 Å². The molecule has 0 aliphatic heterocycles. The molecule has 74 valence electrons. The lowest BCUT2D eigenvalue weighted by molar-refractivity contribution is 0.686. The molecule has 0 fully saturated rings. The molecule has 0 N–H and O–H groups in total. The molecule has 0 radical (unpaired) electrons. The largest absolute Gasteiger partial charge is 0.267 e. The fourth-order valence-corrected chi connectivity index (χ4v) is 1.41. The Bertz CT molecular complexity index is 486. The van der Waals surface area contributed by atoms with Crippen molar-refractivity contribution < 1.29 is 0 Å². The normalized spacial score (nSPS) is 9.87. The first kappa shape index (κ1) is 9.54. The molecule has 2 rings (SSSR count). The Morgan fingerprint density at radius 3 is 2.67 bits per heavy atom. The van der Waals surface area contributed by atoms with Gasteiger partial charge in [-0.25, -0.2) is 0 Å². The maximum absolute atomic E-state index is 5.27. The zero-order valence-corrected chi connectivity index (χ0v) is 8.64. The third kappa shape index (κ3) is 2.26. The van der Waals surface area contributed by atoms with Crippen molar-refractivity contribution in [3.05, 3.63) is 53.3 Å². The Kier molecular flexibility index (Phi) is 2.55. The highest BCUT2D eigenvalue weighted by Crippen LogP contribution is 2.05. The molecule has 15 heavy (non-hydrogen) atoms. The SMILES string of the molecule is C#Cc1cnn(Cc2ccc(C)cc2)c1. The molecule has 1 heterocycles. The van der Waals surface area contributed by atoms with Crippen LogP contribution in [0, 0.1) is 19.3 Å². The molecule has 0 aliphatic carbocycles. The van der Waals surface area contributed by atoms with Gasteiger partial charge in [0.1, 0.15) is 0 Å². The average molecular weight is 196 g/mol. The van der Waals surface area contributed by atoms with Gasteiger partial charge >= 0.3 is 0 Å². The van der Waals surface area contributed by atoms with E-state index in [1.54, 1.807) is 6.20 Å². The van der Waals surface area contributed by atoms with Crippen LogP contribution in [0.5, 0.6) is 0 Å². The standard InChI is InChI=1S/C13H12N2/c1-3-12-8-14-15(9-12)10-13-6-4-11(2)5-7-13/h1,4-9H,10H2,2H3. The van der Waals surface area contributed by atoms with Gasteiger partial charge < -0.3 is 0 Å². The highest BCUT2D eigenvalue weighted by atomic mass is 15.3. The molecule has 2 heteroatoms. The van der Waals surface area contributed by atoms with Crippen LogP contribution in [-0.2, 0) is 6.54 Å². The predicted octanol–water partition coefficient (Wildman–Crippen LogP) is 2.22. The summed E-state index contributed by atoms with van der Waals surface area (Å²) in [6.45, 7) is 2.84. The molecular formula is C13H12N2. The van der Waals surface area contributed by atoms with E-state index in [2.05, 4.69) is 42.2 Å². The lowest BCUT2D eigenvalue weighted by Gasteiger charge is -2.01. The van der Waals surface area contributed by atoms with E-state index >= 15 is 0 Å². The zero-order chi connectivity index (χ0) is 10.7. The summed E-state index contributed by atoms with van der Waals surface area (Å²) < 4.78 is 1.85. The van der Waals surface area contributed by atoms with Crippen LogP contribution in [0.3, 0.4) is 0 Å². The summed E-state index contributed by atoms with van der Waals surface area (Å²) in [5, 5.41) is 4.18. The van der Waals surface area contributed by atoms with Crippen molar-refractivity contribution in [2.75, 3.05) is 0 Å². The van der Waals surface area contributed by atoms with E-state index in [0.29, 0.717) is 0 Å². The Morgan fingerprint density at radius 1 is 1.33 bits per heavy atom. The monoisotopic (exact) mass is 196 g/mol. The zero-order valence-electron chi connectivity index (χ0n) is 8.64. The van der Waals surface area contributed by atoms with Gasteiger partial charge in [0, 0.05) is 6.20 Å². The van der Waals surface area contributed by atoms with Gasteiger partial charge in [0.2, 0.25) is 0 Å². The minimum Gasteiger partial charge on any atom is -0.267 e. The van der Waals surface area contributed by atoms with Crippen molar-refractivity contribution in [3.63, 3.8) is 0 Å². The van der Waals surface area contributed by atoms with Gasteiger partial charge in [-0.2, -0.15) is 5.10 Å².